The molecular weight excluding hydrogens is 188 g/mol. The molecule has 0 amide bonds. The Labute approximate surface area is 90.9 Å². The van der Waals surface area contributed by atoms with Gasteiger partial charge in [0.25, 0.3) is 0 Å². The zero-order valence-corrected chi connectivity index (χ0v) is 9.36. The highest BCUT2D eigenvalue weighted by Gasteiger charge is 2.44. The Bertz CT molecular complexity index is 325. The molecule has 1 fully saturated rings. The van der Waals surface area contributed by atoms with E-state index in [-0.39, 0.29) is 11.5 Å². The molecule has 0 heterocycles. The second-order valence-electron chi connectivity index (χ2n) is 4.56. The fourth-order valence-electron chi connectivity index (χ4n) is 1.79. The number of aliphatic hydroxyl groups excluding tert-OH is 1. The van der Waals surface area contributed by atoms with Gasteiger partial charge in [0.15, 0.2) is 0 Å². The van der Waals surface area contributed by atoms with Crippen LogP contribution in [0.4, 0.5) is 0 Å². The van der Waals surface area contributed by atoms with E-state index in [0.717, 1.165) is 24.2 Å². The van der Waals surface area contributed by atoms with E-state index in [1.54, 1.807) is 0 Å². The van der Waals surface area contributed by atoms with Crippen LogP contribution in [0.1, 0.15) is 38.4 Å². The second-order valence-corrected chi connectivity index (χ2v) is 4.56. The van der Waals surface area contributed by atoms with Crippen molar-refractivity contribution < 1.29 is 9.84 Å². The molecule has 0 saturated heterocycles. The zero-order valence-electron chi connectivity index (χ0n) is 9.36. The summed E-state index contributed by atoms with van der Waals surface area (Å²) in [6.45, 7) is 4.78. The van der Waals surface area contributed by atoms with Gasteiger partial charge in [0.1, 0.15) is 5.75 Å². The van der Waals surface area contributed by atoms with Crippen molar-refractivity contribution in [1.82, 2.24) is 0 Å². The third kappa shape index (κ3) is 2.15. The molecule has 1 N–H and O–H groups in total. The first-order valence-corrected chi connectivity index (χ1v) is 5.56. The largest absolute Gasteiger partial charge is 0.494 e. The predicted molar refractivity (Wildman–Crippen MR) is 59.9 cm³/mol. The summed E-state index contributed by atoms with van der Waals surface area (Å²) in [5.74, 6) is 0.870. The molecular formula is C13H18O2. The monoisotopic (exact) mass is 206 g/mol. The average Bonchev–Trinajstić information content (AvgIpc) is 2.99. The molecule has 0 aliphatic heterocycles. The summed E-state index contributed by atoms with van der Waals surface area (Å²) in [6.07, 6.45) is 1.93. The normalized spacial score (nSPS) is 19.7. The number of rotatable bonds is 4. The fourth-order valence-corrected chi connectivity index (χ4v) is 1.79. The molecule has 2 nitrogen and oxygen atoms in total. The van der Waals surface area contributed by atoms with E-state index in [0.29, 0.717) is 6.61 Å². The van der Waals surface area contributed by atoms with Crippen LogP contribution < -0.4 is 4.74 Å². The van der Waals surface area contributed by atoms with Gasteiger partial charge in [-0.3, -0.25) is 0 Å². The van der Waals surface area contributed by atoms with E-state index in [4.69, 9.17) is 4.74 Å². The van der Waals surface area contributed by atoms with Crippen molar-refractivity contribution in [1.29, 1.82) is 0 Å². The Kier molecular flexibility index (Phi) is 2.70. The van der Waals surface area contributed by atoms with Gasteiger partial charge in [-0.2, -0.15) is 0 Å². The standard InChI is InChI=1S/C13H18O2/c1-3-15-11-6-4-10(5-7-11)12(14)13(2)8-9-13/h4-7,12,14H,3,8-9H2,1-2H3. The van der Waals surface area contributed by atoms with Crippen LogP contribution in [-0.2, 0) is 0 Å². The maximum absolute atomic E-state index is 10.1. The molecule has 1 aromatic carbocycles. The molecule has 0 aromatic heterocycles. The molecule has 0 radical (unpaired) electrons. The Hall–Kier alpha value is -1.02. The smallest absolute Gasteiger partial charge is 0.119 e. The van der Waals surface area contributed by atoms with Gasteiger partial charge >= 0.3 is 0 Å². The quantitative estimate of drug-likeness (QED) is 0.820. The summed E-state index contributed by atoms with van der Waals surface area (Å²) in [7, 11) is 0. The molecule has 82 valence electrons. The van der Waals surface area contributed by atoms with Gasteiger partial charge in [0.2, 0.25) is 0 Å². The van der Waals surface area contributed by atoms with Crippen LogP contribution in [0.2, 0.25) is 0 Å². The summed E-state index contributed by atoms with van der Waals surface area (Å²) < 4.78 is 5.36. The van der Waals surface area contributed by atoms with Gasteiger partial charge < -0.3 is 9.84 Å². The average molecular weight is 206 g/mol. The maximum Gasteiger partial charge on any atom is 0.119 e. The van der Waals surface area contributed by atoms with E-state index >= 15 is 0 Å². The predicted octanol–water partition coefficient (Wildman–Crippen LogP) is 2.92. The summed E-state index contributed by atoms with van der Waals surface area (Å²) in [6, 6.07) is 7.76. The first-order valence-electron chi connectivity index (χ1n) is 5.56. The van der Waals surface area contributed by atoms with E-state index in [1.807, 2.05) is 31.2 Å². The van der Waals surface area contributed by atoms with Crippen LogP contribution in [-0.4, -0.2) is 11.7 Å². The minimum Gasteiger partial charge on any atom is -0.494 e. The SMILES string of the molecule is CCOc1ccc(C(O)C2(C)CC2)cc1. The lowest BCUT2D eigenvalue weighted by Crippen LogP contribution is -2.09. The van der Waals surface area contributed by atoms with E-state index in [2.05, 4.69) is 6.92 Å². The van der Waals surface area contributed by atoms with E-state index in [1.165, 1.54) is 0 Å². The molecule has 2 rings (SSSR count). The lowest BCUT2D eigenvalue weighted by molar-refractivity contribution is 0.103. The van der Waals surface area contributed by atoms with Crippen LogP contribution in [0, 0.1) is 5.41 Å². The third-order valence-electron chi connectivity index (χ3n) is 3.21. The topological polar surface area (TPSA) is 29.5 Å². The molecule has 2 heteroatoms. The molecule has 15 heavy (non-hydrogen) atoms. The number of hydrogen-bond donors (Lipinski definition) is 1. The highest BCUT2D eigenvalue weighted by atomic mass is 16.5. The fraction of sp³-hybridized carbons (Fsp3) is 0.538. The second kappa shape index (κ2) is 3.86. The van der Waals surface area contributed by atoms with E-state index in [9.17, 15) is 5.11 Å². The van der Waals surface area contributed by atoms with Crippen molar-refractivity contribution in [3.8, 4) is 5.75 Å². The molecule has 1 atom stereocenters. The zero-order chi connectivity index (χ0) is 10.9. The first-order chi connectivity index (χ1) is 7.15. The van der Waals surface area contributed by atoms with Crippen molar-refractivity contribution in [2.24, 2.45) is 5.41 Å². The minimum atomic E-state index is -0.326. The number of hydrogen-bond acceptors (Lipinski definition) is 2. The van der Waals surface area contributed by atoms with Crippen LogP contribution in [0.25, 0.3) is 0 Å². The minimum absolute atomic E-state index is 0.118. The Morgan fingerprint density at radius 3 is 2.40 bits per heavy atom. The summed E-state index contributed by atoms with van der Waals surface area (Å²) in [4.78, 5) is 0. The van der Waals surface area contributed by atoms with Gasteiger partial charge in [-0.05, 0) is 42.9 Å². The number of aliphatic hydroxyl groups is 1. The van der Waals surface area contributed by atoms with Crippen LogP contribution in [0.3, 0.4) is 0 Å². The molecule has 0 bridgehead atoms. The van der Waals surface area contributed by atoms with Crippen molar-refractivity contribution in [2.75, 3.05) is 6.61 Å². The van der Waals surface area contributed by atoms with E-state index < -0.39 is 0 Å². The Morgan fingerprint density at radius 1 is 1.33 bits per heavy atom. The Morgan fingerprint density at radius 2 is 1.93 bits per heavy atom. The van der Waals surface area contributed by atoms with Crippen molar-refractivity contribution in [3.05, 3.63) is 29.8 Å². The van der Waals surface area contributed by atoms with Gasteiger partial charge in [-0.1, -0.05) is 19.1 Å². The number of ether oxygens (including phenoxy) is 1. The van der Waals surface area contributed by atoms with Crippen molar-refractivity contribution >= 4 is 0 Å². The van der Waals surface area contributed by atoms with Crippen molar-refractivity contribution in [2.45, 2.75) is 32.8 Å². The molecule has 1 aromatic rings. The van der Waals surface area contributed by atoms with Gasteiger partial charge in [0, 0.05) is 0 Å². The molecule has 1 unspecified atom stereocenters. The first kappa shape index (κ1) is 10.5. The van der Waals surface area contributed by atoms with Crippen molar-refractivity contribution in [3.63, 3.8) is 0 Å². The van der Waals surface area contributed by atoms with Crippen LogP contribution >= 0.6 is 0 Å². The maximum atomic E-state index is 10.1. The molecule has 1 saturated carbocycles. The highest BCUT2D eigenvalue weighted by Crippen LogP contribution is 2.54. The Balaban J connectivity index is 2.09. The summed E-state index contributed by atoms with van der Waals surface area (Å²) >= 11 is 0. The third-order valence-corrected chi connectivity index (χ3v) is 3.21. The lowest BCUT2D eigenvalue weighted by Gasteiger charge is -2.18. The summed E-state index contributed by atoms with van der Waals surface area (Å²) in [5.41, 5.74) is 1.12. The van der Waals surface area contributed by atoms with Crippen LogP contribution in [0.15, 0.2) is 24.3 Å². The lowest BCUT2D eigenvalue weighted by atomic mass is 9.95. The van der Waals surface area contributed by atoms with Gasteiger partial charge in [-0.25, -0.2) is 0 Å². The molecule has 1 aliphatic rings. The number of benzene rings is 1. The highest BCUT2D eigenvalue weighted by molar-refractivity contribution is 5.30. The summed E-state index contributed by atoms with van der Waals surface area (Å²) in [5, 5.41) is 10.1. The molecule has 0 spiro atoms. The van der Waals surface area contributed by atoms with Crippen LogP contribution in [0.5, 0.6) is 5.75 Å². The molecule has 1 aliphatic carbocycles. The van der Waals surface area contributed by atoms with Gasteiger partial charge in [0.05, 0.1) is 12.7 Å². The van der Waals surface area contributed by atoms with Gasteiger partial charge in [-0.15, -0.1) is 0 Å².